The molecule has 1 amide bonds. The van der Waals surface area contributed by atoms with Crippen molar-refractivity contribution in [1.82, 2.24) is 15.2 Å². The van der Waals surface area contributed by atoms with Crippen LogP contribution in [0, 0.1) is 5.92 Å². The number of aromatic nitrogens is 1. The molecule has 1 aliphatic rings. The lowest BCUT2D eigenvalue weighted by atomic mass is 9.93. The molecule has 1 saturated heterocycles. The molecule has 154 valence electrons. The molecule has 2 heterocycles. The first-order valence-corrected chi connectivity index (χ1v) is 10.3. The highest BCUT2D eigenvalue weighted by Gasteiger charge is 2.18. The van der Waals surface area contributed by atoms with Gasteiger partial charge < -0.3 is 15.2 Å². The molecule has 1 aliphatic heterocycles. The standard InChI is InChI=1S/C23H29N3O3/c1-24-22(28)20-13-19(21(27)11-5-9-17-10-6-12-25-14-17)16-26(23(20)29)15-18-7-3-2-4-8-18/h2-4,7-8,13,16-17,25H,5-6,9-12,14-15H2,1H3,(H,24,28). The van der Waals surface area contributed by atoms with Gasteiger partial charge >= 0.3 is 0 Å². The largest absolute Gasteiger partial charge is 0.355 e. The van der Waals surface area contributed by atoms with Crippen LogP contribution in [0.15, 0.2) is 47.4 Å². The Balaban J connectivity index is 1.77. The van der Waals surface area contributed by atoms with Gasteiger partial charge in [0.1, 0.15) is 5.56 Å². The highest BCUT2D eigenvalue weighted by molar-refractivity contribution is 6.00. The molecule has 6 heteroatoms. The fourth-order valence-electron chi connectivity index (χ4n) is 3.85. The summed E-state index contributed by atoms with van der Waals surface area (Å²) in [5.41, 5.74) is 0.969. The Hall–Kier alpha value is -2.73. The smallest absolute Gasteiger partial charge is 0.263 e. The summed E-state index contributed by atoms with van der Waals surface area (Å²) >= 11 is 0. The predicted octanol–water partition coefficient (Wildman–Crippen LogP) is 2.61. The SMILES string of the molecule is CNC(=O)c1cc(C(=O)CCCC2CCCNC2)cn(Cc2ccccc2)c1=O. The second-order valence-electron chi connectivity index (χ2n) is 7.67. The molecule has 2 aromatic rings. The molecule has 1 aromatic heterocycles. The van der Waals surface area contributed by atoms with Crippen LogP contribution >= 0.6 is 0 Å². The molecule has 2 N–H and O–H groups in total. The van der Waals surface area contributed by atoms with E-state index in [0.717, 1.165) is 31.5 Å². The summed E-state index contributed by atoms with van der Waals surface area (Å²) in [5.74, 6) is 0.130. The summed E-state index contributed by atoms with van der Waals surface area (Å²) in [6.07, 6.45) is 6.25. The molecule has 3 rings (SSSR count). The number of amides is 1. The van der Waals surface area contributed by atoms with Crippen molar-refractivity contribution in [2.24, 2.45) is 5.92 Å². The molecule has 1 atom stereocenters. The molecular formula is C23H29N3O3. The van der Waals surface area contributed by atoms with Gasteiger partial charge in [0.25, 0.3) is 11.5 Å². The lowest BCUT2D eigenvalue weighted by Gasteiger charge is -2.22. The normalized spacial score (nSPS) is 16.4. The van der Waals surface area contributed by atoms with Gasteiger partial charge in [-0.25, -0.2) is 0 Å². The van der Waals surface area contributed by atoms with E-state index in [1.807, 2.05) is 30.3 Å². The molecule has 0 spiro atoms. The van der Waals surface area contributed by atoms with Crippen molar-refractivity contribution in [2.45, 2.75) is 38.6 Å². The predicted molar refractivity (Wildman–Crippen MR) is 113 cm³/mol. The van der Waals surface area contributed by atoms with E-state index in [4.69, 9.17) is 0 Å². The van der Waals surface area contributed by atoms with Crippen LogP contribution in [0.5, 0.6) is 0 Å². The van der Waals surface area contributed by atoms with Crippen LogP contribution in [0.4, 0.5) is 0 Å². The zero-order chi connectivity index (χ0) is 20.6. The Morgan fingerprint density at radius 3 is 2.72 bits per heavy atom. The average Bonchev–Trinajstić information content (AvgIpc) is 2.76. The van der Waals surface area contributed by atoms with Crippen LogP contribution in [0.3, 0.4) is 0 Å². The van der Waals surface area contributed by atoms with Gasteiger partial charge in [0.05, 0.1) is 6.54 Å². The van der Waals surface area contributed by atoms with Gasteiger partial charge in [-0.05, 0) is 56.3 Å². The van der Waals surface area contributed by atoms with Gasteiger partial charge in [0, 0.05) is 25.2 Å². The molecular weight excluding hydrogens is 366 g/mol. The summed E-state index contributed by atoms with van der Waals surface area (Å²) in [5, 5.41) is 5.90. The Morgan fingerprint density at radius 2 is 2.03 bits per heavy atom. The fraction of sp³-hybridized carbons (Fsp3) is 0.435. The number of benzene rings is 1. The number of piperidine rings is 1. The number of carbonyl (C=O) groups is 2. The summed E-state index contributed by atoms with van der Waals surface area (Å²) in [6, 6.07) is 11.0. The van der Waals surface area contributed by atoms with E-state index >= 15 is 0 Å². The number of nitrogens with zero attached hydrogens (tertiary/aromatic N) is 1. The Labute approximate surface area is 171 Å². The molecule has 0 radical (unpaired) electrons. The van der Waals surface area contributed by atoms with Gasteiger partial charge in [-0.2, -0.15) is 0 Å². The first-order valence-electron chi connectivity index (χ1n) is 10.3. The van der Waals surface area contributed by atoms with Crippen molar-refractivity contribution in [3.8, 4) is 0 Å². The van der Waals surface area contributed by atoms with Crippen molar-refractivity contribution in [2.75, 3.05) is 20.1 Å². The molecule has 1 aromatic carbocycles. The molecule has 0 bridgehead atoms. The maximum Gasteiger partial charge on any atom is 0.263 e. The van der Waals surface area contributed by atoms with Crippen LogP contribution < -0.4 is 16.2 Å². The summed E-state index contributed by atoms with van der Waals surface area (Å²) in [6.45, 7) is 2.43. The number of Topliss-reactive ketones (excluding diaryl/α,β-unsaturated/α-hetero) is 1. The van der Waals surface area contributed by atoms with E-state index in [0.29, 0.717) is 24.4 Å². The summed E-state index contributed by atoms with van der Waals surface area (Å²) < 4.78 is 1.46. The summed E-state index contributed by atoms with van der Waals surface area (Å²) in [7, 11) is 1.48. The summed E-state index contributed by atoms with van der Waals surface area (Å²) in [4.78, 5) is 37.7. The third kappa shape index (κ3) is 5.64. The van der Waals surface area contributed by atoms with Gasteiger partial charge in [-0.15, -0.1) is 0 Å². The lowest BCUT2D eigenvalue weighted by Crippen LogP contribution is -2.32. The van der Waals surface area contributed by atoms with Crippen LogP contribution in [-0.2, 0) is 6.54 Å². The van der Waals surface area contributed by atoms with Crippen molar-refractivity contribution in [3.05, 3.63) is 69.6 Å². The quantitative estimate of drug-likeness (QED) is 0.674. The first-order chi connectivity index (χ1) is 14.1. The van der Waals surface area contributed by atoms with Crippen molar-refractivity contribution in [1.29, 1.82) is 0 Å². The van der Waals surface area contributed by atoms with E-state index < -0.39 is 11.5 Å². The minimum absolute atomic E-state index is 0.00533. The van der Waals surface area contributed by atoms with Crippen molar-refractivity contribution in [3.63, 3.8) is 0 Å². The van der Waals surface area contributed by atoms with E-state index in [-0.39, 0.29) is 11.3 Å². The lowest BCUT2D eigenvalue weighted by molar-refractivity contribution is 0.0961. The third-order valence-corrected chi connectivity index (χ3v) is 5.49. The Morgan fingerprint density at radius 1 is 1.24 bits per heavy atom. The third-order valence-electron chi connectivity index (χ3n) is 5.49. The van der Waals surface area contributed by atoms with Gasteiger partial charge in [0.15, 0.2) is 5.78 Å². The minimum atomic E-state index is -0.472. The monoisotopic (exact) mass is 395 g/mol. The second kappa shape index (κ2) is 10.2. The number of nitrogens with one attached hydrogen (secondary N) is 2. The minimum Gasteiger partial charge on any atom is -0.355 e. The number of hydrogen-bond acceptors (Lipinski definition) is 4. The number of rotatable bonds is 8. The van der Waals surface area contributed by atoms with Gasteiger partial charge in [0.2, 0.25) is 0 Å². The molecule has 0 aliphatic carbocycles. The first kappa shape index (κ1) is 21.0. The van der Waals surface area contributed by atoms with Crippen molar-refractivity contribution < 1.29 is 9.59 Å². The Kier molecular flexibility index (Phi) is 7.36. The van der Waals surface area contributed by atoms with E-state index in [2.05, 4.69) is 10.6 Å². The van der Waals surface area contributed by atoms with Crippen LogP contribution in [0.25, 0.3) is 0 Å². The van der Waals surface area contributed by atoms with Crippen LogP contribution in [-0.4, -0.2) is 36.4 Å². The van der Waals surface area contributed by atoms with Crippen LogP contribution in [0.1, 0.15) is 58.4 Å². The maximum absolute atomic E-state index is 12.8. The van der Waals surface area contributed by atoms with Crippen molar-refractivity contribution >= 4 is 11.7 Å². The second-order valence-corrected chi connectivity index (χ2v) is 7.67. The van der Waals surface area contributed by atoms with Gasteiger partial charge in [-0.3, -0.25) is 14.4 Å². The van der Waals surface area contributed by atoms with E-state index in [1.54, 1.807) is 6.20 Å². The topological polar surface area (TPSA) is 80.2 Å². The fourth-order valence-corrected chi connectivity index (χ4v) is 3.85. The zero-order valence-electron chi connectivity index (χ0n) is 16.9. The highest BCUT2D eigenvalue weighted by Crippen LogP contribution is 2.18. The van der Waals surface area contributed by atoms with E-state index in [9.17, 15) is 14.4 Å². The molecule has 1 unspecified atom stereocenters. The zero-order valence-corrected chi connectivity index (χ0v) is 16.9. The molecule has 29 heavy (non-hydrogen) atoms. The van der Waals surface area contributed by atoms with Crippen LogP contribution in [0.2, 0.25) is 0 Å². The maximum atomic E-state index is 12.8. The van der Waals surface area contributed by atoms with E-state index in [1.165, 1.54) is 30.5 Å². The number of pyridine rings is 1. The molecule has 1 fully saturated rings. The molecule has 6 nitrogen and oxygen atoms in total. The number of hydrogen-bond donors (Lipinski definition) is 2. The number of ketones is 1. The number of carbonyl (C=O) groups excluding carboxylic acids is 2. The Bertz CT molecular complexity index is 899. The average molecular weight is 396 g/mol. The molecule has 0 saturated carbocycles. The highest BCUT2D eigenvalue weighted by atomic mass is 16.2. The van der Waals surface area contributed by atoms with Gasteiger partial charge in [-0.1, -0.05) is 30.3 Å².